The summed E-state index contributed by atoms with van der Waals surface area (Å²) in [7, 11) is 1.48. The molecule has 0 aromatic carbocycles. The fourth-order valence-electron chi connectivity index (χ4n) is 7.13. The fraction of sp³-hybridized carbons (Fsp3) is 0.603. The van der Waals surface area contributed by atoms with E-state index in [0.29, 0.717) is 17.4 Å². The van der Waals surface area contributed by atoms with Crippen molar-refractivity contribution in [3.05, 3.63) is 146 Å². The molecule has 0 rings (SSSR count). The molecule has 0 aliphatic carbocycles. The van der Waals surface area contributed by atoms with E-state index in [1.807, 2.05) is 27.2 Å². The van der Waals surface area contributed by atoms with Gasteiger partial charge in [-0.1, -0.05) is 224 Å². The predicted molar refractivity (Wildman–Crippen MR) is 313 cm³/mol. The van der Waals surface area contributed by atoms with Gasteiger partial charge in [0, 0.05) is 6.42 Å². The summed E-state index contributed by atoms with van der Waals surface area (Å²) in [4.78, 5) is 23.3. The third-order valence-corrected chi connectivity index (χ3v) is 12.5. The number of hydrogen-bond acceptors (Lipinski definition) is 5. The van der Waals surface area contributed by atoms with Gasteiger partial charge in [-0.05, 0) is 109 Å². The average molecular weight is 1020 g/mol. The first-order valence-electron chi connectivity index (χ1n) is 28.2. The van der Waals surface area contributed by atoms with Crippen LogP contribution in [-0.2, 0) is 18.4 Å². The van der Waals surface area contributed by atoms with Gasteiger partial charge in [0.15, 0.2) is 0 Å². The van der Waals surface area contributed by atoms with Gasteiger partial charge in [0.25, 0.3) is 0 Å². The molecule has 72 heavy (non-hydrogen) atoms. The Bertz CT molecular complexity index is 1670. The zero-order valence-corrected chi connectivity index (χ0v) is 47.2. The molecule has 0 aliphatic rings. The molecule has 1 amide bonds. The number of aliphatic hydroxyl groups is 1. The second-order valence-electron chi connectivity index (χ2n) is 19.6. The van der Waals surface area contributed by atoms with Crippen LogP contribution in [0.2, 0.25) is 0 Å². The zero-order chi connectivity index (χ0) is 52.7. The number of allylic oxidation sites excluding steroid dienone is 23. The number of amides is 1. The summed E-state index contributed by atoms with van der Waals surface area (Å²) in [6, 6.07) is -0.913. The number of rotatable bonds is 49. The summed E-state index contributed by atoms with van der Waals surface area (Å²) in [5.74, 6) is -0.255. The molecule has 3 N–H and O–H groups in total. The molecular formula is C63H106N2O6P+. The van der Waals surface area contributed by atoms with Crippen LogP contribution in [0.25, 0.3) is 0 Å². The molecule has 408 valence electrons. The molecule has 0 heterocycles. The molecule has 0 saturated carbocycles. The summed E-state index contributed by atoms with van der Waals surface area (Å²) < 4.78 is 23.6. The van der Waals surface area contributed by atoms with Crippen LogP contribution >= 0.6 is 7.82 Å². The number of phosphoric acid groups is 1. The maximum atomic E-state index is 12.9. The van der Waals surface area contributed by atoms with Gasteiger partial charge in [-0.3, -0.25) is 13.8 Å². The van der Waals surface area contributed by atoms with Gasteiger partial charge in [-0.2, -0.15) is 0 Å². The molecule has 0 aliphatic heterocycles. The van der Waals surface area contributed by atoms with Crippen molar-refractivity contribution in [3.8, 4) is 0 Å². The van der Waals surface area contributed by atoms with Crippen LogP contribution in [0.3, 0.4) is 0 Å². The summed E-state index contributed by atoms with van der Waals surface area (Å²) in [6.45, 7) is 4.61. The van der Waals surface area contributed by atoms with Gasteiger partial charge in [0.05, 0.1) is 39.9 Å². The lowest BCUT2D eigenvalue weighted by molar-refractivity contribution is -0.870. The Morgan fingerprint density at radius 1 is 0.486 bits per heavy atom. The Balaban J connectivity index is 4.47. The summed E-state index contributed by atoms with van der Waals surface area (Å²) in [5.41, 5.74) is 0. The number of likely N-dealkylation sites (N-methyl/N-ethyl adjacent to an activating group) is 1. The van der Waals surface area contributed by atoms with E-state index < -0.39 is 20.0 Å². The lowest BCUT2D eigenvalue weighted by Crippen LogP contribution is -2.45. The van der Waals surface area contributed by atoms with Crippen molar-refractivity contribution >= 4 is 13.7 Å². The molecule has 0 fully saturated rings. The average Bonchev–Trinajstić information content (AvgIpc) is 3.34. The van der Waals surface area contributed by atoms with E-state index in [0.717, 1.165) is 89.9 Å². The van der Waals surface area contributed by atoms with Crippen LogP contribution in [-0.4, -0.2) is 73.4 Å². The molecule has 0 aromatic rings. The normalized spacial score (nSPS) is 15.0. The van der Waals surface area contributed by atoms with Gasteiger partial charge in [0.1, 0.15) is 13.2 Å². The first-order valence-corrected chi connectivity index (χ1v) is 29.7. The maximum Gasteiger partial charge on any atom is 0.472 e. The highest BCUT2D eigenvalue weighted by molar-refractivity contribution is 7.47. The van der Waals surface area contributed by atoms with Crippen LogP contribution in [0.4, 0.5) is 0 Å². The lowest BCUT2D eigenvalue weighted by atomic mass is 10.1. The Kier molecular flexibility index (Phi) is 49.6. The maximum absolute atomic E-state index is 12.9. The Morgan fingerprint density at radius 3 is 1.28 bits per heavy atom. The van der Waals surface area contributed by atoms with Gasteiger partial charge < -0.3 is 19.8 Å². The second-order valence-corrected chi connectivity index (χ2v) is 21.0. The van der Waals surface area contributed by atoms with Gasteiger partial charge in [0.2, 0.25) is 5.91 Å². The second kappa shape index (κ2) is 52.3. The van der Waals surface area contributed by atoms with Crippen LogP contribution in [0, 0.1) is 0 Å². The van der Waals surface area contributed by atoms with Crippen molar-refractivity contribution in [3.63, 3.8) is 0 Å². The smallest absolute Gasteiger partial charge is 0.387 e. The topological polar surface area (TPSA) is 105 Å². The first-order chi connectivity index (χ1) is 35.0. The number of aliphatic hydroxyl groups excluding tert-OH is 1. The Hall–Kier alpha value is -3.62. The van der Waals surface area contributed by atoms with Crippen LogP contribution in [0.5, 0.6) is 0 Å². The highest BCUT2D eigenvalue weighted by Crippen LogP contribution is 2.43. The van der Waals surface area contributed by atoms with Gasteiger partial charge >= 0.3 is 7.82 Å². The van der Waals surface area contributed by atoms with Crippen molar-refractivity contribution in [2.45, 2.75) is 206 Å². The molecule has 9 heteroatoms. The third kappa shape index (κ3) is 54.2. The minimum Gasteiger partial charge on any atom is -0.387 e. The van der Waals surface area contributed by atoms with Crippen LogP contribution in [0.1, 0.15) is 194 Å². The number of hydrogen-bond donors (Lipinski definition) is 3. The van der Waals surface area contributed by atoms with Crippen LogP contribution in [0.15, 0.2) is 146 Å². The standard InChI is InChI=1S/C63H105N2O6P/c1-6-8-10-12-14-16-18-20-22-24-26-28-29-30-31-32-33-34-35-37-39-41-43-45-47-49-51-53-55-57-63(67)64-61(60-71-72(68,69)70-59-58-65(3,4)5)62(66)56-54-52-50-48-46-44-42-40-38-36-27-25-23-21-19-17-15-13-11-9-7-2/h8,10,14,16,20,22,26,28,30-31,33-34,37-40,43,45-46,48-49,51,54,56,61-62,66H,6-7,9,11-13,15,17-19,21,23-25,27,29,32,35-36,41-42,44,47,50,52-53,55,57-60H2,1-5H3,(H-,64,67,68,69)/p+1/b10-8-,16-14-,22-20-,28-26-,31-30-,34-33-,39-37-,40-38+,45-43-,48-46+,51-49-,56-54+. The van der Waals surface area contributed by atoms with E-state index in [2.05, 4.69) is 153 Å². The summed E-state index contributed by atoms with van der Waals surface area (Å²) in [6.07, 6.45) is 81.0. The number of phosphoric ester groups is 1. The monoisotopic (exact) mass is 1020 g/mol. The molecule has 3 atom stereocenters. The fourth-order valence-corrected chi connectivity index (χ4v) is 7.87. The Labute approximate surface area is 442 Å². The molecular weight excluding hydrogens is 912 g/mol. The van der Waals surface area contributed by atoms with Crippen molar-refractivity contribution in [1.82, 2.24) is 5.32 Å². The number of carbonyl (C=O) groups excluding carboxylic acids is 1. The molecule has 0 spiro atoms. The molecule has 0 saturated heterocycles. The molecule has 8 nitrogen and oxygen atoms in total. The number of quaternary nitrogens is 1. The summed E-state index contributed by atoms with van der Waals surface area (Å²) >= 11 is 0. The number of nitrogens with zero attached hydrogens (tertiary/aromatic N) is 1. The minimum atomic E-state index is -4.39. The van der Waals surface area contributed by atoms with Gasteiger partial charge in [-0.15, -0.1) is 0 Å². The third-order valence-electron chi connectivity index (χ3n) is 11.5. The number of carbonyl (C=O) groups is 1. The van der Waals surface area contributed by atoms with E-state index in [1.54, 1.807) is 6.08 Å². The predicted octanol–water partition coefficient (Wildman–Crippen LogP) is 17.3. The van der Waals surface area contributed by atoms with Gasteiger partial charge in [-0.25, -0.2) is 4.57 Å². The number of nitrogens with one attached hydrogen (secondary N) is 1. The molecule has 0 radical (unpaired) electrons. The lowest BCUT2D eigenvalue weighted by Gasteiger charge is -2.25. The zero-order valence-electron chi connectivity index (χ0n) is 46.4. The highest BCUT2D eigenvalue weighted by Gasteiger charge is 2.27. The minimum absolute atomic E-state index is 0.0338. The highest BCUT2D eigenvalue weighted by atomic mass is 31.2. The molecule has 0 bridgehead atoms. The quantitative estimate of drug-likeness (QED) is 0.0243. The van der Waals surface area contributed by atoms with E-state index in [1.165, 1.54) is 77.0 Å². The van der Waals surface area contributed by atoms with E-state index in [-0.39, 0.29) is 25.5 Å². The largest absolute Gasteiger partial charge is 0.472 e. The SMILES string of the molecule is CC/C=C\C/C=C\C/C=C\C/C=C\C/C=C\C/C=C\C/C=C\C/C=C\C/C=C\CCCC(=O)NC(COP(=O)(O)OCC[N+](C)(C)C)C(O)/C=C/CC/C=C/CC/C=C/CCCCCCCCCCCCC. The number of unbranched alkanes of at least 4 members (excludes halogenated alkanes) is 14. The van der Waals surface area contributed by atoms with Crippen molar-refractivity contribution in [2.24, 2.45) is 0 Å². The van der Waals surface area contributed by atoms with Crippen molar-refractivity contribution < 1.29 is 32.9 Å². The van der Waals surface area contributed by atoms with Crippen molar-refractivity contribution in [2.75, 3.05) is 40.9 Å². The van der Waals surface area contributed by atoms with E-state index in [9.17, 15) is 19.4 Å². The summed E-state index contributed by atoms with van der Waals surface area (Å²) in [5, 5.41) is 13.8. The molecule has 0 aromatic heterocycles. The van der Waals surface area contributed by atoms with E-state index in [4.69, 9.17) is 9.05 Å². The van der Waals surface area contributed by atoms with Crippen LogP contribution < -0.4 is 5.32 Å². The van der Waals surface area contributed by atoms with E-state index >= 15 is 0 Å². The van der Waals surface area contributed by atoms with Crippen molar-refractivity contribution in [1.29, 1.82) is 0 Å². The Morgan fingerprint density at radius 2 is 0.847 bits per heavy atom. The first kappa shape index (κ1) is 68.4. The molecule has 3 unspecified atom stereocenters.